The second-order valence-electron chi connectivity index (χ2n) is 9.75. The van der Waals surface area contributed by atoms with Crippen molar-refractivity contribution in [3.05, 3.63) is 89.0 Å². The quantitative estimate of drug-likeness (QED) is 0.452. The Morgan fingerprint density at radius 3 is 2.06 bits per heavy atom. The van der Waals surface area contributed by atoms with Crippen LogP contribution in [0.3, 0.4) is 0 Å². The molecule has 0 aromatic heterocycles. The molecule has 1 atom stereocenters. The summed E-state index contributed by atoms with van der Waals surface area (Å²) in [6.07, 6.45) is 2.44. The van der Waals surface area contributed by atoms with Crippen LogP contribution in [-0.4, -0.2) is 34.0 Å². The molecule has 1 saturated heterocycles. The summed E-state index contributed by atoms with van der Waals surface area (Å²) in [6, 6.07) is 20.3. The first kappa shape index (κ1) is 25.8. The number of rotatable bonds is 8. The van der Waals surface area contributed by atoms with Gasteiger partial charge in [0.25, 0.3) is 10.0 Å². The van der Waals surface area contributed by atoms with Crippen LogP contribution in [0.15, 0.2) is 71.6 Å². The second kappa shape index (κ2) is 10.7. The number of benzene rings is 3. The Bertz CT molecular complexity index is 1290. The summed E-state index contributed by atoms with van der Waals surface area (Å²) in [6.45, 7) is 9.51. The lowest BCUT2D eigenvalue weighted by Crippen LogP contribution is -2.41. The van der Waals surface area contributed by atoms with E-state index < -0.39 is 10.0 Å². The molecule has 0 radical (unpaired) electrons. The highest BCUT2D eigenvalue weighted by Crippen LogP contribution is 2.27. The van der Waals surface area contributed by atoms with Gasteiger partial charge in [-0.05, 0) is 93.6 Å². The molecule has 3 aromatic rings. The third kappa shape index (κ3) is 5.90. The topological polar surface area (TPSA) is 69.7 Å². The molecule has 6 nitrogen and oxygen atoms in total. The molecule has 3 aromatic carbocycles. The van der Waals surface area contributed by atoms with E-state index in [1.165, 1.54) is 22.8 Å². The Hall–Kier alpha value is -3.32. The van der Waals surface area contributed by atoms with E-state index in [9.17, 15) is 13.2 Å². The van der Waals surface area contributed by atoms with Crippen molar-refractivity contribution >= 4 is 27.3 Å². The van der Waals surface area contributed by atoms with Gasteiger partial charge in [-0.2, -0.15) is 0 Å². The third-order valence-electron chi connectivity index (χ3n) is 6.63. The number of nitrogens with zero attached hydrogens (tertiary/aromatic N) is 2. The van der Waals surface area contributed by atoms with Gasteiger partial charge >= 0.3 is 0 Å². The second-order valence-corrected chi connectivity index (χ2v) is 11.6. The summed E-state index contributed by atoms with van der Waals surface area (Å²) in [5, 5.41) is 2.99. The molecule has 1 unspecified atom stereocenters. The first-order valence-electron chi connectivity index (χ1n) is 12.5. The normalized spacial score (nSPS) is 14.5. The van der Waals surface area contributed by atoms with Crippen molar-refractivity contribution in [1.82, 2.24) is 5.32 Å². The molecule has 4 rings (SSSR count). The molecule has 190 valence electrons. The van der Waals surface area contributed by atoms with Gasteiger partial charge in [0.1, 0.15) is 6.54 Å². The summed E-state index contributed by atoms with van der Waals surface area (Å²) >= 11 is 0. The standard InChI is InChI=1S/C29H35N3O3S/c1-21-7-13-28(14-8-21)36(34,35)32(27-18-22(2)17-23(3)19-27)20-29(33)30-24(4)25-9-11-26(12-10-25)31-15-5-6-16-31/h7-14,17-19,24H,5-6,15-16,20H2,1-4H3,(H,30,33). The lowest BCUT2D eigenvalue weighted by Gasteiger charge is -2.26. The fourth-order valence-corrected chi connectivity index (χ4v) is 6.10. The lowest BCUT2D eigenvalue weighted by molar-refractivity contribution is -0.120. The molecule has 0 saturated carbocycles. The maximum Gasteiger partial charge on any atom is 0.264 e. The van der Waals surface area contributed by atoms with Crippen LogP contribution >= 0.6 is 0 Å². The highest BCUT2D eigenvalue weighted by Gasteiger charge is 2.28. The SMILES string of the molecule is Cc1ccc(S(=O)(=O)N(CC(=O)NC(C)c2ccc(N3CCCC3)cc2)c2cc(C)cc(C)c2)cc1. The summed E-state index contributed by atoms with van der Waals surface area (Å²) < 4.78 is 28.5. The first-order chi connectivity index (χ1) is 17.1. The molecule has 1 aliphatic heterocycles. The van der Waals surface area contributed by atoms with Crippen LogP contribution in [-0.2, 0) is 14.8 Å². The number of amides is 1. The van der Waals surface area contributed by atoms with E-state index >= 15 is 0 Å². The van der Waals surface area contributed by atoms with Crippen molar-refractivity contribution in [3.63, 3.8) is 0 Å². The minimum Gasteiger partial charge on any atom is -0.372 e. The highest BCUT2D eigenvalue weighted by atomic mass is 32.2. The fourth-order valence-electron chi connectivity index (χ4n) is 4.70. The van der Waals surface area contributed by atoms with E-state index in [-0.39, 0.29) is 23.4 Å². The zero-order chi connectivity index (χ0) is 25.9. The predicted octanol–water partition coefficient (Wildman–Crippen LogP) is 5.28. The molecular formula is C29H35N3O3S. The molecule has 1 aliphatic rings. The van der Waals surface area contributed by atoms with Crippen molar-refractivity contribution in [3.8, 4) is 0 Å². The maximum atomic E-state index is 13.7. The van der Waals surface area contributed by atoms with Crippen LogP contribution in [0.4, 0.5) is 11.4 Å². The van der Waals surface area contributed by atoms with Gasteiger partial charge in [0.05, 0.1) is 16.6 Å². The monoisotopic (exact) mass is 505 g/mol. The molecule has 7 heteroatoms. The van der Waals surface area contributed by atoms with Gasteiger partial charge in [-0.3, -0.25) is 9.10 Å². The van der Waals surface area contributed by atoms with Gasteiger partial charge in [0, 0.05) is 18.8 Å². The van der Waals surface area contributed by atoms with Gasteiger partial charge < -0.3 is 10.2 Å². The molecule has 1 heterocycles. The molecule has 0 aliphatic carbocycles. The van der Waals surface area contributed by atoms with Crippen LogP contribution in [0.1, 0.15) is 48.1 Å². The average Bonchev–Trinajstić information content (AvgIpc) is 3.37. The van der Waals surface area contributed by atoms with Crippen molar-refractivity contribution in [2.45, 2.75) is 51.5 Å². The zero-order valence-electron chi connectivity index (χ0n) is 21.5. The number of anilines is 2. The number of aryl methyl sites for hydroxylation is 3. The fraction of sp³-hybridized carbons (Fsp3) is 0.345. The number of hydrogen-bond acceptors (Lipinski definition) is 4. The summed E-state index contributed by atoms with van der Waals surface area (Å²) in [5.74, 6) is -0.360. The molecule has 0 spiro atoms. The van der Waals surface area contributed by atoms with E-state index in [0.717, 1.165) is 35.3 Å². The number of carbonyl (C=O) groups excluding carboxylic acids is 1. The summed E-state index contributed by atoms with van der Waals surface area (Å²) in [5.41, 5.74) is 5.48. The van der Waals surface area contributed by atoms with Crippen molar-refractivity contribution in [1.29, 1.82) is 0 Å². The Morgan fingerprint density at radius 2 is 1.47 bits per heavy atom. The van der Waals surface area contributed by atoms with E-state index in [0.29, 0.717) is 5.69 Å². The van der Waals surface area contributed by atoms with Gasteiger partial charge in [-0.15, -0.1) is 0 Å². The van der Waals surface area contributed by atoms with Gasteiger partial charge in [0.15, 0.2) is 0 Å². The van der Waals surface area contributed by atoms with E-state index in [1.54, 1.807) is 36.4 Å². The minimum absolute atomic E-state index is 0.158. The number of hydrogen-bond donors (Lipinski definition) is 1. The van der Waals surface area contributed by atoms with Crippen molar-refractivity contribution < 1.29 is 13.2 Å². The maximum absolute atomic E-state index is 13.7. The van der Waals surface area contributed by atoms with Gasteiger partial charge in [-0.1, -0.05) is 35.9 Å². The van der Waals surface area contributed by atoms with Gasteiger partial charge in [-0.25, -0.2) is 8.42 Å². The van der Waals surface area contributed by atoms with E-state index in [2.05, 4.69) is 22.3 Å². The Balaban J connectivity index is 1.55. The van der Waals surface area contributed by atoms with Crippen LogP contribution in [0.25, 0.3) is 0 Å². The van der Waals surface area contributed by atoms with E-state index in [1.807, 2.05) is 45.9 Å². The molecule has 0 bridgehead atoms. The predicted molar refractivity (Wildman–Crippen MR) is 146 cm³/mol. The lowest BCUT2D eigenvalue weighted by atomic mass is 10.1. The number of carbonyl (C=O) groups is 1. The first-order valence-corrected chi connectivity index (χ1v) is 13.9. The highest BCUT2D eigenvalue weighted by molar-refractivity contribution is 7.92. The number of nitrogens with one attached hydrogen (secondary N) is 1. The average molecular weight is 506 g/mol. The van der Waals surface area contributed by atoms with Crippen molar-refractivity contribution in [2.24, 2.45) is 0 Å². The van der Waals surface area contributed by atoms with E-state index in [4.69, 9.17) is 0 Å². The molecule has 1 fully saturated rings. The summed E-state index contributed by atoms with van der Waals surface area (Å²) in [7, 11) is -3.95. The zero-order valence-corrected chi connectivity index (χ0v) is 22.3. The Morgan fingerprint density at radius 1 is 0.889 bits per heavy atom. The molecule has 1 N–H and O–H groups in total. The Kier molecular flexibility index (Phi) is 7.69. The smallest absolute Gasteiger partial charge is 0.264 e. The van der Waals surface area contributed by atoms with Gasteiger partial charge in [0.2, 0.25) is 5.91 Å². The Labute approximate surface area is 215 Å². The largest absolute Gasteiger partial charge is 0.372 e. The molecular weight excluding hydrogens is 470 g/mol. The van der Waals surface area contributed by atoms with Crippen LogP contribution in [0.2, 0.25) is 0 Å². The number of sulfonamides is 1. The summed E-state index contributed by atoms with van der Waals surface area (Å²) in [4.78, 5) is 15.7. The molecule has 36 heavy (non-hydrogen) atoms. The third-order valence-corrected chi connectivity index (χ3v) is 8.42. The van der Waals surface area contributed by atoms with Crippen molar-refractivity contribution in [2.75, 3.05) is 28.8 Å². The van der Waals surface area contributed by atoms with Crippen LogP contribution in [0, 0.1) is 20.8 Å². The van der Waals surface area contributed by atoms with Crippen LogP contribution < -0.4 is 14.5 Å². The van der Waals surface area contributed by atoms with Crippen LogP contribution in [0.5, 0.6) is 0 Å². The minimum atomic E-state index is -3.95. The molecule has 1 amide bonds.